The summed E-state index contributed by atoms with van der Waals surface area (Å²) in [5.74, 6) is -2.31. The Morgan fingerprint density at radius 2 is 2.12 bits per heavy atom. The topological polar surface area (TPSA) is 149 Å². The van der Waals surface area contributed by atoms with Crippen molar-refractivity contribution in [2.24, 2.45) is 11.8 Å². The number of nitrogens with one attached hydrogen (secondary N) is 1. The second kappa shape index (κ2) is 8.51. The van der Waals surface area contributed by atoms with Crippen LogP contribution in [0.25, 0.3) is 0 Å². The standard InChI is InChI=1S/C22H24N4O7S/c1-10-16-15(11(2)27)20(29)26(16)17(21(30)31)18(10)34-13-7-25(8-13)22-24-12(9-33-22)6-23-19(28)14-4-3-5-32-14/h3-5,9-11,13,15-16,27H,6-8H2,1-2H3,(H,23,28)(H,30,31)/t10-,11-,15?,16?/m1/s1. The van der Waals surface area contributed by atoms with Crippen molar-refractivity contribution in [3.05, 3.63) is 46.7 Å². The van der Waals surface area contributed by atoms with Crippen molar-refractivity contribution in [1.29, 1.82) is 0 Å². The average molecular weight is 489 g/mol. The van der Waals surface area contributed by atoms with Crippen molar-refractivity contribution >= 4 is 35.6 Å². The summed E-state index contributed by atoms with van der Waals surface area (Å²) < 4.78 is 10.6. The Hall–Kier alpha value is -3.25. The molecule has 0 aliphatic carbocycles. The van der Waals surface area contributed by atoms with E-state index in [0.717, 1.165) is 0 Å². The van der Waals surface area contributed by atoms with Crippen LogP contribution in [0.4, 0.5) is 6.01 Å². The van der Waals surface area contributed by atoms with E-state index in [1.807, 2.05) is 11.8 Å². The molecule has 0 aromatic carbocycles. The molecule has 5 rings (SSSR count). The van der Waals surface area contributed by atoms with Gasteiger partial charge in [-0.05, 0) is 19.1 Å². The number of furan rings is 1. The van der Waals surface area contributed by atoms with Crippen LogP contribution in [0, 0.1) is 11.8 Å². The molecule has 11 nitrogen and oxygen atoms in total. The average Bonchev–Trinajstić information content (AvgIpc) is 3.48. The second-order valence-electron chi connectivity index (χ2n) is 8.70. The Morgan fingerprint density at radius 1 is 1.35 bits per heavy atom. The minimum atomic E-state index is -1.13. The van der Waals surface area contributed by atoms with E-state index >= 15 is 0 Å². The van der Waals surface area contributed by atoms with Crippen LogP contribution in [0.2, 0.25) is 0 Å². The molecule has 12 heteroatoms. The highest BCUT2D eigenvalue weighted by molar-refractivity contribution is 8.03. The van der Waals surface area contributed by atoms with Crippen molar-refractivity contribution in [3.63, 3.8) is 0 Å². The lowest BCUT2D eigenvalue weighted by Gasteiger charge is -2.46. The molecule has 2 aromatic rings. The van der Waals surface area contributed by atoms with Crippen LogP contribution in [0.5, 0.6) is 0 Å². The van der Waals surface area contributed by atoms with E-state index in [1.54, 1.807) is 19.1 Å². The van der Waals surface area contributed by atoms with E-state index in [0.29, 0.717) is 29.7 Å². The zero-order valence-electron chi connectivity index (χ0n) is 18.5. The molecule has 180 valence electrons. The molecule has 2 saturated heterocycles. The van der Waals surface area contributed by atoms with Gasteiger partial charge in [0.25, 0.3) is 11.9 Å². The molecule has 0 bridgehead atoms. The van der Waals surface area contributed by atoms with Crippen LogP contribution < -0.4 is 10.2 Å². The molecule has 3 aliphatic rings. The summed E-state index contributed by atoms with van der Waals surface area (Å²) in [7, 11) is 0. The predicted octanol–water partition coefficient (Wildman–Crippen LogP) is 1.27. The van der Waals surface area contributed by atoms with E-state index in [1.165, 1.54) is 29.2 Å². The highest BCUT2D eigenvalue weighted by Crippen LogP contribution is 2.52. The van der Waals surface area contributed by atoms with E-state index in [-0.39, 0.29) is 47.0 Å². The Balaban J connectivity index is 1.18. The maximum Gasteiger partial charge on any atom is 0.353 e. The number of carboxylic acids is 1. The highest BCUT2D eigenvalue weighted by atomic mass is 32.2. The van der Waals surface area contributed by atoms with Crippen LogP contribution in [-0.4, -0.2) is 68.4 Å². The number of aromatic nitrogens is 1. The van der Waals surface area contributed by atoms with E-state index < -0.39 is 18.0 Å². The molecule has 2 fully saturated rings. The monoisotopic (exact) mass is 488 g/mol. The van der Waals surface area contributed by atoms with Gasteiger partial charge in [-0.25, -0.2) is 4.79 Å². The summed E-state index contributed by atoms with van der Waals surface area (Å²) in [6.45, 7) is 4.87. The van der Waals surface area contributed by atoms with Gasteiger partial charge in [0.05, 0.1) is 30.9 Å². The molecule has 3 aliphatic heterocycles. The summed E-state index contributed by atoms with van der Waals surface area (Å²) in [5, 5.41) is 22.5. The number of rotatable bonds is 8. The minimum Gasteiger partial charge on any atom is -0.477 e. The number of amides is 2. The molecule has 3 N–H and O–H groups in total. The maximum atomic E-state index is 12.5. The van der Waals surface area contributed by atoms with Gasteiger partial charge in [-0.3, -0.25) is 9.59 Å². The van der Waals surface area contributed by atoms with Crippen LogP contribution in [0.15, 0.2) is 44.1 Å². The third-order valence-electron chi connectivity index (χ3n) is 6.44. The van der Waals surface area contributed by atoms with Crippen molar-refractivity contribution in [1.82, 2.24) is 15.2 Å². The fourth-order valence-corrected chi connectivity index (χ4v) is 6.23. The number of fused-ring (bicyclic) bond motifs is 1. The van der Waals surface area contributed by atoms with Gasteiger partial charge in [0.2, 0.25) is 5.91 Å². The molecule has 2 unspecified atom stereocenters. The molecule has 5 heterocycles. The SMILES string of the molecule is C[C@@H](O)C1C(=O)N2C(C(=O)O)=C(SC3CN(c4nc(CNC(=O)c5ccco5)co4)C3)[C@H](C)C12. The van der Waals surface area contributed by atoms with E-state index in [9.17, 15) is 24.6 Å². The van der Waals surface area contributed by atoms with Gasteiger partial charge in [0.1, 0.15) is 17.7 Å². The van der Waals surface area contributed by atoms with E-state index in [2.05, 4.69) is 10.3 Å². The Bertz CT molecular complexity index is 1150. The van der Waals surface area contributed by atoms with Gasteiger partial charge in [-0.1, -0.05) is 6.92 Å². The van der Waals surface area contributed by atoms with Gasteiger partial charge >= 0.3 is 5.97 Å². The lowest BCUT2D eigenvalue weighted by atomic mass is 9.79. The van der Waals surface area contributed by atoms with Gasteiger partial charge in [0, 0.05) is 29.2 Å². The Labute approximate surface area is 198 Å². The lowest BCUT2D eigenvalue weighted by Crippen LogP contribution is -2.63. The first-order valence-corrected chi connectivity index (χ1v) is 11.8. The number of hydrogen-bond acceptors (Lipinski definition) is 9. The van der Waals surface area contributed by atoms with Crippen molar-refractivity contribution in [2.45, 2.75) is 37.8 Å². The van der Waals surface area contributed by atoms with Crippen molar-refractivity contribution < 1.29 is 33.4 Å². The van der Waals surface area contributed by atoms with Crippen molar-refractivity contribution in [2.75, 3.05) is 18.0 Å². The molecular weight excluding hydrogens is 464 g/mol. The number of carbonyl (C=O) groups excluding carboxylic acids is 2. The Morgan fingerprint density at radius 3 is 2.76 bits per heavy atom. The summed E-state index contributed by atoms with van der Waals surface area (Å²) >= 11 is 1.46. The van der Waals surface area contributed by atoms with Gasteiger partial charge in [-0.2, -0.15) is 4.98 Å². The number of hydrogen-bond donors (Lipinski definition) is 3. The van der Waals surface area contributed by atoms with Crippen LogP contribution >= 0.6 is 11.8 Å². The number of carbonyl (C=O) groups is 3. The smallest absolute Gasteiger partial charge is 0.353 e. The van der Waals surface area contributed by atoms with Crippen LogP contribution in [0.1, 0.15) is 30.1 Å². The largest absolute Gasteiger partial charge is 0.477 e. The molecule has 2 amide bonds. The quantitative estimate of drug-likeness (QED) is 0.464. The summed E-state index contributed by atoms with van der Waals surface area (Å²) in [4.78, 5) is 44.7. The zero-order chi connectivity index (χ0) is 24.1. The van der Waals surface area contributed by atoms with Gasteiger partial charge in [0.15, 0.2) is 5.76 Å². The molecule has 0 saturated carbocycles. The molecule has 2 aromatic heterocycles. The number of carboxylic acid groups (broad SMARTS) is 1. The number of oxazole rings is 1. The second-order valence-corrected chi connectivity index (χ2v) is 10.0. The lowest BCUT2D eigenvalue weighted by molar-refractivity contribution is -0.163. The number of aliphatic carboxylic acids is 1. The first-order chi connectivity index (χ1) is 16.3. The van der Waals surface area contributed by atoms with Gasteiger partial charge < -0.3 is 34.2 Å². The minimum absolute atomic E-state index is 0.0357. The van der Waals surface area contributed by atoms with Gasteiger partial charge in [-0.15, -0.1) is 11.8 Å². The molecule has 4 atom stereocenters. The number of thioether (sulfide) groups is 1. The van der Waals surface area contributed by atoms with Crippen LogP contribution in [-0.2, 0) is 16.1 Å². The normalized spacial score (nSPS) is 25.1. The Kier molecular flexibility index (Phi) is 5.64. The fraction of sp³-hybridized carbons (Fsp3) is 0.455. The molecule has 0 radical (unpaired) electrons. The van der Waals surface area contributed by atoms with Crippen molar-refractivity contribution in [3.8, 4) is 0 Å². The molecule has 34 heavy (non-hydrogen) atoms. The zero-order valence-corrected chi connectivity index (χ0v) is 19.3. The third-order valence-corrected chi connectivity index (χ3v) is 7.89. The number of aliphatic hydroxyl groups excluding tert-OH is 1. The number of nitrogens with zero attached hydrogens (tertiary/aromatic N) is 3. The third kappa shape index (κ3) is 3.66. The fourth-order valence-electron chi connectivity index (χ4n) is 4.72. The summed E-state index contributed by atoms with van der Waals surface area (Å²) in [6.07, 6.45) is 2.09. The summed E-state index contributed by atoms with van der Waals surface area (Å²) in [6, 6.07) is 3.32. The molecule has 0 spiro atoms. The summed E-state index contributed by atoms with van der Waals surface area (Å²) in [5.41, 5.74) is 0.604. The predicted molar refractivity (Wildman–Crippen MR) is 120 cm³/mol. The number of β-lactam (4-membered cyclic amide) rings is 1. The maximum absolute atomic E-state index is 12.5. The van der Waals surface area contributed by atoms with Crippen LogP contribution in [0.3, 0.4) is 0 Å². The number of aliphatic hydroxyl groups is 1. The highest BCUT2D eigenvalue weighted by Gasteiger charge is 2.60. The molecular formula is C22H24N4O7S. The first kappa shape index (κ1) is 22.5. The van der Waals surface area contributed by atoms with E-state index in [4.69, 9.17) is 8.83 Å². The number of anilines is 1. The first-order valence-electron chi connectivity index (χ1n) is 10.9.